The number of piperazine rings is 1. The van der Waals surface area contributed by atoms with E-state index in [0.717, 1.165) is 11.5 Å². The number of urea groups is 2. The maximum Gasteiger partial charge on any atom is 0.328 e. The monoisotopic (exact) mass is 316 g/mol. The lowest BCUT2D eigenvalue weighted by Gasteiger charge is -2.36. The quantitative estimate of drug-likeness (QED) is 0.865. The normalized spacial score (nSPS) is 21.6. The minimum Gasteiger partial charge on any atom is -0.352 e. The van der Waals surface area contributed by atoms with Gasteiger partial charge in [-0.3, -0.25) is 0 Å². The maximum absolute atomic E-state index is 12.3. The lowest BCUT2D eigenvalue weighted by molar-refractivity contribution is 0.161. The zero-order valence-electron chi connectivity index (χ0n) is 12.9. The highest BCUT2D eigenvalue weighted by Gasteiger charge is 2.32. The van der Waals surface area contributed by atoms with Crippen molar-refractivity contribution in [2.45, 2.75) is 18.8 Å². The van der Waals surface area contributed by atoms with Gasteiger partial charge in [-0.1, -0.05) is 0 Å². The van der Waals surface area contributed by atoms with Crippen LogP contribution >= 0.6 is 0 Å². The van der Waals surface area contributed by atoms with E-state index in [0.29, 0.717) is 45.2 Å². The third-order valence-electron chi connectivity index (χ3n) is 4.63. The summed E-state index contributed by atoms with van der Waals surface area (Å²) in [7, 11) is 0. The van der Waals surface area contributed by atoms with E-state index in [1.807, 2.05) is 6.07 Å². The van der Waals surface area contributed by atoms with Crippen LogP contribution in [-0.4, -0.2) is 71.3 Å². The molecule has 1 N–H and O–H groups in total. The van der Waals surface area contributed by atoms with Crippen LogP contribution in [0.15, 0.2) is 12.1 Å². The van der Waals surface area contributed by atoms with E-state index in [1.165, 1.54) is 17.7 Å². The average Bonchev–Trinajstić information content (AvgIpc) is 3.36. The first kappa shape index (κ1) is 14.2. The molecule has 4 rings (SSSR count). The van der Waals surface area contributed by atoms with Crippen LogP contribution in [0.25, 0.3) is 0 Å². The van der Waals surface area contributed by atoms with Gasteiger partial charge >= 0.3 is 12.1 Å². The topological polar surface area (TPSA) is 81.7 Å². The first-order valence-electron chi connectivity index (χ1n) is 8.15. The summed E-state index contributed by atoms with van der Waals surface area (Å²) in [6.45, 7) is 3.58. The number of aromatic nitrogens is 2. The molecule has 8 nitrogen and oxygen atoms in total. The molecule has 0 unspecified atom stereocenters. The van der Waals surface area contributed by atoms with Crippen molar-refractivity contribution in [3.63, 3.8) is 0 Å². The van der Waals surface area contributed by atoms with Crippen molar-refractivity contribution in [2.24, 2.45) is 0 Å². The summed E-state index contributed by atoms with van der Waals surface area (Å²) >= 11 is 0. The molecule has 1 saturated carbocycles. The predicted molar refractivity (Wildman–Crippen MR) is 83.3 cm³/mol. The van der Waals surface area contributed by atoms with Crippen LogP contribution in [0.5, 0.6) is 0 Å². The van der Waals surface area contributed by atoms with Gasteiger partial charge in [-0.05, 0) is 25.0 Å². The molecule has 3 heterocycles. The van der Waals surface area contributed by atoms with Gasteiger partial charge in [0.05, 0.1) is 5.69 Å². The first-order chi connectivity index (χ1) is 11.2. The Bertz CT molecular complexity index is 607. The van der Waals surface area contributed by atoms with E-state index in [4.69, 9.17) is 0 Å². The molecule has 122 valence electrons. The second-order valence-electron chi connectivity index (χ2n) is 6.23. The van der Waals surface area contributed by atoms with E-state index in [-0.39, 0.29) is 12.1 Å². The molecule has 3 aliphatic rings. The van der Waals surface area contributed by atoms with Crippen molar-refractivity contribution >= 4 is 17.9 Å². The third-order valence-corrected chi connectivity index (χ3v) is 4.63. The number of anilines is 1. The predicted octanol–water partition coefficient (Wildman–Crippen LogP) is 0.621. The van der Waals surface area contributed by atoms with E-state index < -0.39 is 0 Å². The number of carbonyl (C=O) groups excluding carboxylic acids is 2. The van der Waals surface area contributed by atoms with Crippen LogP contribution in [-0.2, 0) is 0 Å². The van der Waals surface area contributed by atoms with Crippen molar-refractivity contribution in [3.8, 4) is 0 Å². The van der Waals surface area contributed by atoms with E-state index in [9.17, 15) is 9.59 Å². The molecule has 0 spiro atoms. The molecular weight excluding hydrogens is 296 g/mol. The van der Waals surface area contributed by atoms with Crippen LogP contribution < -0.4 is 10.2 Å². The molecule has 0 radical (unpaired) electrons. The molecular formula is C15H20N6O2. The van der Waals surface area contributed by atoms with Crippen LogP contribution in [0.2, 0.25) is 0 Å². The number of rotatable bonds is 2. The fourth-order valence-electron chi connectivity index (χ4n) is 3.05. The van der Waals surface area contributed by atoms with E-state index >= 15 is 0 Å². The minimum absolute atomic E-state index is 0.199. The highest BCUT2D eigenvalue weighted by molar-refractivity contribution is 5.95. The second kappa shape index (κ2) is 5.68. The van der Waals surface area contributed by atoms with Gasteiger partial charge in [-0.25, -0.2) is 14.5 Å². The summed E-state index contributed by atoms with van der Waals surface area (Å²) in [6, 6.07) is 3.59. The Balaban J connectivity index is 1.35. The van der Waals surface area contributed by atoms with Gasteiger partial charge in [0.25, 0.3) is 0 Å². The Labute approximate surface area is 134 Å². The van der Waals surface area contributed by atoms with Gasteiger partial charge in [0.2, 0.25) is 0 Å². The SMILES string of the molecule is O=C1NCCN1C(=O)N1CCN(c2ccc(C3CC3)nn2)CC1. The number of amides is 4. The Morgan fingerprint density at radius 2 is 1.87 bits per heavy atom. The van der Waals surface area contributed by atoms with Crippen molar-refractivity contribution in [2.75, 3.05) is 44.2 Å². The number of carbonyl (C=O) groups is 2. The van der Waals surface area contributed by atoms with E-state index in [1.54, 1.807) is 4.90 Å². The molecule has 0 bridgehead atoms. The Morgan fingerprint density at radius 3 is 2.43 bits per heavy atom. The zero-order chi connectivity index (χ0) is 15.8. The van der Waals surface area contributed by atoms with Gasteiger partial charge in [0.15, 0.2) is 5.82 Å². The lowest BCUT2D eigenvalue weighted by atomic mass is 10.2. The number of nitrogens with zero attached hydrogens (tertiary/aromatic N) is 5. The molecule has 0 atom stereocenters. The average molecular weight is 316 g/mol. The van der Waals surface area contributed by atoms with Gasteiger partial charge < -0.3 is 15.1 Å². The molecule has 3 fully saturated rings. The number of hydrogen-bond donors (Lipinski definition) is 1. The molecule has 1 aliphatic carbocycles. The van der Waals surface area contributed by atoms with Crippen LogP contribution in [0, 0.1) is 0 Å². The van der Waals surface area contributed by atoms with Gasteiger partial charge in [0.1, 0.15) is 0 Å². The van der Waals surface area contributed by atoms with Crippen LogP contribution in [0.3, 0.4) is 0 Å². The fourth-order valence-corrected chi connectivity index (χ4v) is 3.05. The summed E-state index contributed by atoms with van der Waals surface area (Å²) < 4.78 is 0. The standard InChI is InChI=1S/C15H20N6O2/c22-14-16-5-6-21(14)15(23)20-9-7-19(8-10-20)13-4-3-12(17-18-13)11-1-2-11/h3-4,11H,1-2,5-10H2,(H,16,22). The summed E-state index contributed by atoms with van der Waals surface area (Å²) in [5, 5.41) is 11.3. The van der Waals surface area contributed by atoms with Crippen molar-refractivity contribution < 1.29 is 9.59 Å². The van der Waals surface area contributed by atoms with Gasteiger partial charge in [-0.2, -0.15) is 5.10 Å². The Hall–Kier alpha value is -2.38. The molecule has 2 saturated heterocycles. The Kier molecular flexibility index (Phi) is 3.51. The highest BCUT2D eigenvalue weighted by Crippen LogP contribution is 2.38. The second-order valence-corrected chi connectivity index (χ2v) is 6.23. The van der Waals surface area contributed by atoms with Crippen molar-refractivity contribution in [3.05, 3.63) is 17.8 Å². The summed E-state index contributed by atoms with van der Waals surface area (Å²) in [4.78, 5) is 29.0. The number of hydrogen-bond acceptors (Lipinski definition) is 5. The van der Waals surface area contributed by atoms with Crippen molar-refractivity contribution in [1.29, 1.82) is 0 Å². The molecule has 4 amide bonds. The van der Waals surface area contributed by atoms with Crippen LogP contribution in [0.4, 0.5) is 15.4 Å². The number of imide groups is 1. The smallest absolute Gasteiger partial charge is 0.328 e. The third kappa shape index (κ3) is 2.80. The van der Waals surface area contributed by atoms with Gasteiger partial charge in [0, 0.05) is 45.2 Å². The summed E-state index contributed by atoms with van der Waals surface area (Å²) in [5.41, 5.74) is 1.09. The Morgan fingerprint density at radius 1 is 1.09 bits per heavy atom. The molecule has 2 aliphatic heterocycles. The largest absolute Gasteiger partial charge is 0.352 e. The first-order valence-corrected chi connectivity index (χ1v) is 8.15. The van der Waals surface area contributed by atoms with E-state index in [2.05, 4.69) is 26.5 Å². The van der Waals surface area contributed by atoms with Gasteiger partial charge in [-0.15, -0.1) is 5.10 Å². The van der Waals surface area contributed by atoms with Crippen LogP contribution in [0.1, 0.15) is 24.5 Å². The zero-order valence-corrected chi connectivity index (χ0v) is 12.9. The molecule has 8 heteroatoms. The van der Waals surface area contributed by atoms with Crippen molar-refractivity contribution in [1.82, 2.24) is 25.3 Å². The molecule has 0 aromatic carbocycles. The fraction of sp³-hybridized carbons (Fsp3) is 0.600. The maximum atomic E-state index is 12.3. The molecule has 1 aromatic rings. The highest BCUT2D eigenvalue weighted by atomic mass is 16.2. The summed E-state index contributed by atoms with van der Waals surface area (Å²) in [6.07, 6.45) is 2.44. The lowest BCUT2D eigenvalue weighted by Crippen LogP contribution is -2.53. The molecule has 1 aromatic heterocycles. The summed E-state index contributed by atoms with van der Waals surface area (Å²) in [5.74, 6) is 1.47. The minimum atomic E-state index is -0.293. The number of nitrogens with one attached hydrogen (secondary N) is 1. The molecule has 23 heavy (non-hydrogen) atoms.